The van der Waals surface area contributed by atoms with E-state index in [1.807, 2.05) is 27.7 Å². The Bertz CT molecular complexity index is 912. The zero-order valence-electron chi connectivity index (χ0n) is 17.9. The van der Waals surface area contributed by atoms with Crippen LogP contribution in [0.5, 0.6) is 0 Å². The maximum Gasteiger partial charge on any atom is 0.328 e. The first-order valence-electron chi connectivity index (χ1n) is 10.2. The lowest BCUT2D eigenvalue weighted by Gasteiger charge is -2.33. The minimum Gasteiger partial charge on any atom is -0.467 e. The number of piperidine rings is 1. The van der Waals surface area contributed by atoms with Crippen LogP contribution in [0.4, 0.5) is 5.95 Å². The van der Waals surface area contributed by atoms with E-state index in [0.717, 1.165) is 41.5 Å². The molecule has 29 heavy (non-hydrogen) atoms. The summed E-state index contributed by atoms with van der Waals surface area (Å²) in [5.74, 6) is -0.129. The van der Waals surface area contributed by atoms with Gasteiger partial charge in [0, 0.05) is 18.5 Å². The normalized spacial score (nSPS) is 18.0. The minimum atomic E-state index is -0.634. The van der Waals surface area contributed by atoms with Gasteiger partial charge in [0.2, 0.25) is 11.9 Å². The van der Waals surface area contributed by atoms with Gasteiger partial charge >= 0.3 is 5.97 Å². The molecule has 1 amide bonds. The highest BCUT2D eigenvalue weighted by Gasteiger charge is 2.32. The number of aromatic nitrogens is 2. The topological polar surface area (TPSA) is 84.4 Å². The number of aryl methyl sites for hydroxylation is 2. The summed E-state index contributed by atoms with van der Waals surface area (Å²) >= 11 is 0. The van der Waals surface area contributed by atoms with E-state index in [1.54, 1.807) is 0 Å². The van der Waals surface area contributed by atoms with Crippen molar-refractivity contribution in [2.45, 2.75) is 46.6 Å². The molecule has 7 nitrogen and oxygen atoms in total. The first kappa shape index (κ1) is 21.0. The molecule has 1 saturated heterocycles. The fraction of sp³-hybridized carbons (Fsp3) is 0.545. The van der Waals surface area contributed by atoms with Gasteiger partial charge in [-0.15, -0.1) is 0 Å². The molecule has 1 aliphatic rings. The summed E-state index contributed by atoms with van der Waals surface area (Å²) in [6.07, 6.45) is 1.65. The van der Waals surface area contributed by atoms with E-state index in [9.17, 15) is 9.59 Å². The minimum absolute atomic E-state index is 0.0409. The molecule has 0 bridgehead atoms. The zero-order valence-corrected chi connectivity index (χ0v) is 17.9. The number of amides is 1. The fourth-order valence-corrected chi connectivity index (χ4v) is 3.79. The number of nitrogens with one attached hydrogen (secondary N) is 1. The van der Waals surface area contributed by atoms with E-state index < -0.39 is 12.0 Å². The number of methoxy groups -OCH3 is 1. The van der Waals surface area contributed by atoms with E-state index >= 15 is 0 Å². The number of anilines is 1. The predicted octanol–water partition coefficient (Wildman–Crippen LogP) is 2.78. The maximum absolute atomic E-state index is 12.8. The van der Waals surface area contributed by atoms with Crippen molar-refractivity contribution in [1.82, 2.24) is 15.3 Å². The molecule has 7 heteroatoms. The number of esters is 1. The number of benzene rings is 1. The number of hydrogen-bond donors (Lipinski definition) is 1. The summed E-state index contributed by atoms with van der Waals surface area (Å²) < 4.78 is 4.83. The Hall–Kier alpha value is -2.70. The summed E-state index contributed by atoms with van der Waals surface area (Å²) in [5, 5.41) is 3.92. The average molecular weight is 399 g/mol. The molecule has 1 aliphatic heterocycles. The van der Waals surface area contributed by atoms with Crippen molar-refractivity contribution in [2.24, 2.45) is 11.8 Å². The Morgan fingerprint density at radius 1 is 1.24 bits per heavy atom. The van der Waals surface area contributed by atoms with E-state index in [2.05, 4.69) is 33.4 Å². The van der Waals surface area contributed by atoms with Gasteiger partial charge in [0.1, 0.15) is 6.04 Å². The van der Waals surface area contributed by atoms with Gasteiger partial charge in [-0.2, -0.15) is 0 Å². The second-order valence-corrected chi connectivity index (χ2v) is 8.17. The molecule has 0 radical (unpaired) electrons. The molecule has 2 atom stereocenters. The lowest BCUT2D eigenvalue weighted by Crippen LogP contribution is -2.50. The summed E-state index contributed by atoms with van der Waals surface area (Å²) in [6.45, 7) is 9.16. The van der Waals surface area contributed by atoms with E-state index in [4.69, 9.17) is 9.72 Å². The van der Waals surface area contributed by atoms with Crippen LogP contribution in [0.3, 0.4) is 0 Å². The highest BCUT2D eigenvalue weighted by Crippen LogP contribution is 2.25. The molecule has 3 rings (SSSR count). The van der Waals surface area contributed by atoms with E-state index in [-0.39, 0.29) is 17.7 Å². The van der Waals surface area contributed by atoms with Crippen LogP contribution in [0.25, 0.3) is 10.9 Å². The molecule has 1 aromatic carbocycles. The molecular weight excluding hydrogens is 368 g/mol. The molecule has 156 valence electrons. The number of hydrogen-bond acceptors (Lipinski definition) is 6. The highest BCUT2D eigenvalue weighted by molar-refractivity contribution is 5.86. The lowest BCUT2D eigenvalue weighted by atomic mass is 9.95. The van der Waals surface area contributed by atoms with Gasteiger partial charge in [0.25, 0.3) is 0 Å². The van der Waals surface area contributed by atoms with Crippen molar-refractivity contribution in [3.05, 3.63) is 29.5 Å². The van der Waals surface area contributed by atoms with Crippen LogP contribution in [0.1, 0.15) is 37.9 Å². The van der Waals surface area contributed by atoms with Crippen molar-refractivity contribution < 1.29 is 14.3 Å². The largest absolute Gasteiger partial charge is 0.467 e. The van der Waals surface area contributed by atoms with Crippen LogP contribution >= 0.6 is 0 Å². The van der Waals surface area contributed by atoms with Crippen LogP contribution in [-0.4, -0.2) is 48.1 Å². The number of nitrogens with zero attached hydrogens (tertiary/aromatic N) is 3. The number of rotatable bonds is 5. The lowest BCUT2D eigenvalue weighted by molar-refractivity contribution is -0.147. The van der Waals surface area contributed by atoms with Crippen LogP contribution in [0.15, 0.2) is 18.2 Å². The zero-order chi connectivity index (χ0) is 21.1. The summed E-state index contributed by atoms with van der Waals surface area (Å²) in [7, 11) is 1.34. The van der Waals surface area contributed by atoms with Gasteiger partial charge in [0.05, 0.1) is 24.2 Å². The Morgan fingerprint density at radius 3 is 2.69 bits per heavy atom. The SMILES string of the molecule is COC(=O)[C@@H](NC(=O)C1CCCN(c2nc(C)c3ccc(C)cc3n2)C1)C(C)C. The van der Waals surface area contributed by atoms with Gasteiger partial charge in [0.15, 0.2) is 0 Å². The van der Waals surface area contributed by atoms with Gasteiger partial charge < -0.3 is 15.0 Å². The third-order valence-electron chi connectivity index (χ3n) is 5.53. The molecule has 2 heterocycles. The van der Waals surface area contributed by atoms with Gasteiger partial charge in [-0.05, 0) is 44.2 Å². The third kappa shape index (κ3) is 4.66. The molecule has 1 N–H and O–H groups in total. The molecule has 0 aliphatic carbocycles. The molecule has 0 spiro atoms. The Kier molecular flexibility index (Phi) is 6.35. The van der Waals surface area contributed by atoms with Gasteiger partial charge in [-0.3, -0.25) is 4.79 Å². The number of carbonyl (C=O) groups is 2. The standard InChI is InChI=1S/C22H30N4O3/c1-13(2)19(21(28)29-5)25-20(27)16-7-6-10-26(12-16)22-23-15(4)17-9-8-14(3)11-18(17)24-22/h8-9,11,13,16,19H,6-7,10,12H2,1-5H3,(H,25,27)/t16?,19-/m0/s1. The highest BCUT2D eigenvalue weighted by atomic mass is 16.5. The maximum atomic E-state index is 12.8. The predicted molar refractivity (Wildman–Crippen MR) is 113 cm³/mol. The van der Waals surface area contributed by atoms with E-state index in [0.29, 0.717) is 12.5 Å². The van der Waals surface area contributed by atoms with Crippen molar-refractivity contribution in [1.29, 1.82) is 0 Å². The van der Waals surface area contributed by atoms with E-state index in [1.165, 1.54) is 7.11 Å². The number of fused-ring (bicyclic) bond motifs is 1. The summed E-state index contributed by atoms with van der Waals surface area (Å²) in [4.78, 5) is 36.3. The van der Waals surface area contributed by atoms with Gasteiger partial charge in [-0.1, -0.05) is 26.0 Å². The molecule has 1 fully saturated rings. The van der Waals surface area contributed by atoms with Crippen LogP contribution < -0.4 is 10.2 Å². The summed E-state index contributed by atoms with van der Waals surface area (Å²) in [5.41, 5.74) is 3.01. The first-order chi connectivity index (χ1) is 13.8. The monoisotopic (exact) mass is 398 g/mol. The number of carbonyl (C=O) groups excluding carboxylic acids is 2. The smallest absolute Gasteiger partial charge is 0.328 e. The second-order valence-electron chi connectivity index (χ2n) is 8.17. The second kappa shape index (κ2) is 8.76. The Balaban J connectivity index is 1.77. The number of ether oxygens (including phenoxy) is 1. The molecule has 1 unspecified atom stereocenters. The fourth-order valence-electron chi connectivity index (χ4n) is 3.79. The van der Waals surface area contributed by atoms with Crippen LogP contribution in [-0.2, 0) is 14.3 Å². The van der Waals surface area contributed by atoms with Crippen molar-refractivity contribution in [3.63, 3.8) is 0 Å². The van der Waals surface area contributed by atoms with Crippen molar-refractivity contribution in [2.75, 3.05) is 25.1 Å². The quantitative estimate of drug-likeness (QED) is 0.780. The Labute approximate surface area is 171 Å². The molecule has 0 saturated carbocycles. The first-order valence-corrected chi connectivity index (χ1v) is 10.2. The Morgan fingerprint density at radius 2 is 2.00 bits per heavy atom. The van der Waals surface area contributed by atoms with Gasteiger partial charge in [-0.25, -0.2) is 14.8 Å². The van der Waals surface area contributed by atoms with Crippen LogP contribution in [0, 0.1) is 25.7 Å². The average Bonchev–Trinajstić information content (AvgIpc) is 2.70. The molecular formula is C22H30N4O3. The summed E-state index contributed by atoms with van der Waals surface area (Å²) in [6, 6.07) is 5.54. The molecule has 2 aromatic rings. The molecule has 1 aromatic heterocycles. The van der Waals surface area contributed by atoms with Crippen LogP contribution in [0.2, 0.25) is 0 Å². The third-order valence-corrected chi connectivity index (χ3v) is 5.53. The van der Waals surface area contributed by atoms with Crippen molar-refractivity contribution in [3.8, 4) is 0 Å². The van der Waals surface area contributed by atoms with Crippen molar-refractivity contribution >= 4 is 28.7 Å².